The summed E-state index contributed by atoms with van der Waals surface area (Å²) in [5.41, 5.74) is -4.68. The predicted octanol–water partition coefficient (Wildman–Crippen LogP) is 3.60. The van der Waals surface area contributed by atoms with Crippen LogP contribution < -0.4 is 5.32 Å². The Morgan fingerprint density at radius 1 is 1.07 bits per heavy atom. The number of carbonyl (C=O) groups excluding carboxylic acids is 1. The van der Waals surface area contributed by atoms with Gasteiger partial charge in [-0.2, -0.15) is 26.3 Å². The molecule has 6 atom stereocenters. The molecule has 1 saturated heterocycles. The largest absolute Gasteiger partial charge is 0.464 e. The topological polar surface area (TPSA) is 68.5 Å². The van der Waals surface area contributed by atoms with Gasteiger partial charge in [0.1, 0.15) is 3.42 Å². The third-order valence-corrected chi connectivity index (χ3v) is 7.73. The minimum Gasteiger partial charge on any atom is -0.464 e. The molecule has 0 radical (unpaired) electrons. The molecule has 4 nitrogen and oxygen atoms in total. The first-order chi connectivity index (χ1) is 12.7. The first-order valence-corrected chi connectivity index (χ1v) is 10.2. The number of ether oxygens (including phenoxy) is 1. The molecule has 2 saturated carbocycles. The zero-order valence-corrected chi connectivity index (χ0v) is 17.2. The van der Waals surface area contributed by atoms with Crippen molar-refractivity contribution in [1.29, 1.82) is 0 Å². The molecule has 1 heterocycles. The molecular weight excluding hydrogens is 507 g/mol. The Labute approximate surface area is 171 Å². The van der Waals surface area contributed by atoms with E-state index in [2.05, 4.69) is 5.32 Å². The summed E-state index contributed by atoms with van der Waals surface area (Å²) in [5, 5.41) is 12.5. The van der Waals surface area contributed by atoms with E-state index in [1.54, 1.807) is 6.92 Å². The van der Waals surface area contributed by atoms with Crippen LogP contribution in [0.25, 0.3) is 0 Å². The Kier molecular flexibility index (Phi) is 5.71. The Morgan fingerprint density at radius 3 is 2.00 bits per heavy atom. The molecule has 0 amide bonds. The van der Waals surface area contributed by atoms with Crippen molar-refractivity contribution in [3.63, 3.8) is 0 Å². The van der Waals surface area contributed by atoms with Crippen LogP contribution in [0.5, 0.6) is 0 Å². The van der Waals surface area contributed by atoms with Crippen LogP contribution in [0.4, 0.5) is 26.3 Å². The second-order valence-corrected chi connectivity index (χ2v) is 10.7. The number of hydrogen-bond acceptors (Lipinski definition) is 4. The van der Waals surface area contributed by atoms with Crippen molar-refractivity contribution in [2.45, 2.75) is 60.0 Å². The van der Waals surface area contributed by atoms with Crippen LogP contribution in [0.15, 0.2) is 0 Å². The van der Waals surface area contributed by atoms with E-state index in [0.717, 1.165) is 6.54 Å². The van der Waals surface area contributed by atoms with Crippen molar-refractivity contribution in [3.8, 4) is 0 Å². The molecule has 11 heteroatoms. The van der Waals surface area contributed by atoms with Crippen molar-refractivity contribution in [3.05, 3.63) is 0 Å². The van der Waals surface area contributed by atoms with E-state index >= 15 is 0 Å². The van der Waals surface area contributed by atoms with Gasteiger partial charge in [-0.25, -0.2) is 0 Å². The van der Waals surface area contributed by atoms with Crippen LogP contribution in [0.3, 0.4) is 0 Å². The summed E-state index contributed by atoms with van der Waals surface area (Å²) in [6, 6.07) is 0.0485. The summed E-state index contributed by atoms with van der Waals surface area (Å²) in [6.07, 6.45) is -11.8. The van der Waals surface area contributed by atoms with Crippen LogP contribution in [0.1, 0.15) is 32.6 Å². The normalized spacial score (nSPS) is 35.0. The number of nitrogens with one attached hydrogen (secondary N) is 1. The summed E-state index contributed by atoms with van der Waals surface area (Å²) in [5.74, 6) is -1.70. The number of alkyl halides is 7. The van der Waals surface area contributed by atoms with E-state index in [1.165, 1.54) is 0 Å². The molecule has 3 rings (SSSR count). The number of esters is 1. The number of hydrogen-bond donors (Lipinski definition) is 2. The van der Waals surface area contributed by atoms with Crippen LogP contribution in [0.2, 0.25) is 0 Å². The Bertz CT molecular complexity index is 605. The van der Waals surface area contributed by atoms with Gasteiger partial charge in [-0.15, -0.1) is 0 Å². The Morgan fingerprint density at radius 2 is 1.57 bits per heavy atom. The first kappa shape index (κ1) is 22.4. The number of aliphatic hydroxyl groups is 1. The second kappa shape index (κ2) is 7.14. The maximum atomic E-state index is 12.9. The van der Waals surface area contributed by atoms with Gasteiger partial charge in [0.25, 0.3) is 5.60 Å². The molecule has 1 aliphatic heterocycles. The monoisotopic (exact) mass is 529 g/mol. The Balaban J connectivity index is 1.56. The molecule has 28 heavy (non-hydrogen) atoms. The van der Waals surface area contributed by atoms with Gasteiger partial charge in [0.2, 0.25) is 0 Å². The molecule has 3 fully saturated rings. The van der Waals surface area contributed by atoms with Gasteiger partial charge in [0.15, 0.2) is 0 Å². The standard InChI is InChI=1S/C17H22F6INO3/c1-14(24,12-6-25-12)13(26)28-7-11-4-8-2-9(11)3-10(8)5-15(27,16(18,19)20)17(21,22)23/h8-12,25,27H,2-7H2,1H3. The fourth-order valence-corrected chi connectivity index (χ4v) is 5.24. The van der Waals surface area contributed by atoms with E-state index < -0.39 is 33.7 Å². The van der Waals surface area contributed by atoms with Crippen molar-refractivity contribution in [2.24, 2.45) is 23.7 Å². The molecule has 0 aromatic heterocycles. The van der Waals surface area contributed by atoms with Gasteiger partial charge in [-0.05, 0) is 56.3 Å². The molecule has 0 aromatic rings. The van der Waals surface area contributed by atoms with Crippen LogP contribution in [-0.2, 0) is 9.53 Å². The van der Waals surface area contributed by atoms with Crippen LogP contribution >= 0.6 is 22.6 Å². The highest BCUT2D eigenvalue weighted by Crippen LogP contribution is 2.57. The molecule has 2 bridgehead atoms. The smallest absolute Gasteiger partial charge is 0.426 e. The highest BCUT2D eigenvalue weighted by molar-refractivity contribution is 14.1. The third kappa shape index (κ3) is 3.99. The maximum absolute atomic E-state index is 12.9. The fraction of sp³-hybridized carbons (Fsp3) is 0.941. The number of halogens is 7. The average Bonchev–Trinajstić information content (AvgIpc) is 3.25. The summed E-state index contributed by atoms with van der Waals surface area (Å²) in [4.78, 5) is 12.2. The third-order valence-electron chi connectivity index (χ3n) is 6.54. The lowest BCUT2D eigenvalue weighted by molar-refractivity contribution is -0.373. The molecule has 162 valence electrons. The SMILES string of the molecule is CC(I)(C(=O)OCC1CC2CC1CC2CC(O)(C(F)(F)F)C(F)(F)F)C1CN1. The van der Waals surface area contributed by atoms with Gasteiger partial charge >= 0.3 is 18.3 Å². The summed E-state index contributed by atoms with van der Waals surface area (Å²) in [7, 11) is 0. The zero-order valence-electron chi connectivity index (χ0n) is 15.0. The molecule has 6 unspecified atom stereocenters. The molecule has 2 N–H and O–H groups in total. The van der Waals surface area contributed by atoms with E-state index in [1.807, 2.05) is 22.6 Å². The highest BCUT2D eigenvalue weighted by Gasteiger charge is 2.71. The Hall–Kier alpha value is -0.300. The molecule has 3 aliphatic rings. The minimum absolute atomic E-state index is 0.0485. The van der Waals surface area contributed by atoms with Crippen molar-refractivity contribution in [1.82, 2.24) is 5.32 Å². The lowest BCUT2D eigenvalue weighted by Gasteiger charge is -2.37. The van der Waals surface area contributed by atoms with Crippen molar-refractivity contribution < 1.29 is 41.0 Å². The number of fused-ring (bicyclic) bond motifs is 2. The fourth-order valence-electron chi connectivity index (χ4n) is 4.65. The van der Waals surface area contributed by atoms with Crippen LogP contribution in [0, 0.1) is 23.7 Å². The summed E-state index contributed by atoms with van der Waals surface area (Å²) < 4.78 is 82.3. The van der Waals surface area contributed by atoms with Crippen molar-refractivity contribution in [2.75, 3.05) is 13.2 Å². The molecular formula is C17H22F6INO3. The lowest BCUT2D eigenvalue weighted by Crippen LogP contribution is -2.58. The predicted molar refractivity (Wildman–Crippen MR) is 94.7 cm³/mol. The van der Waals surface area contributed by atoms with E-state index in [9.17, 15) is 36.2 Å². The number of rotatable bonds is 6. The minimum atomic E-state index is -5.77. The lowest BCUT2D eigenvalue weighted by atomic mass is 9.76. The van der Waals surface area contributed by atoms with Gasteiger partial charge in [-0.1, -0.05) is 22.6 Å². The first-order valence-electron chi connectivity index (χ1n) is 9.12. The highest BCUT2D eigenvalue weighted by atomic mass is 127. The van der Waals surface area contributed by atoms with Gasteiger partial charge in [-0.3, -0.25) is 4.79 Å². The zero-order chi connectivity index (χ0) is 21.1. The molecule has 2 aliphatic carbocycles. The van der Waals surface area contributed by atoms with Crippen molar-refractivity contribution >= 4 is 28.6 Å². The molecule has 0 spiro atoms. The maximum Gasteiger partial charge on any atom is 0.426 e. The average molecular weight is 529 g/mol. The quantitative estimate of drug-likeness (QED) is 0.182. The summed E-state index contributed by atoms with van der Waals surface area (Å²) in [6.45, 7) is 2.61. The van der Waals surface area contributed by atoms with E-state index in [0.29, 0.717) is 12.8 Å². The number of carbonyl (C=O) groups is 1. The van der Waals surface area contributed by atoms with E-state index in [-0.39, 0.29) is 42.8 Å². The van der Waals surface area contributed by atoms with Gasteiger partial charge < -0.3 is 15.2 Å². The van der Waals surface area contributed by atoms with Gasteiger partial charge in [0, 0.05) is 12.6 Å². The van der Waals surface area contributed by atoms with Gasteiger partial charge in [0.05, 0.1) is 6.61 Å². The molecule has 0 aromatic carbocycles. The summed E-state index contributed by atoms with van der Waals surface area (Å²) >= 11 is 2.02. The van der Waals surface area contributed by atoms with E-state index in [4.69, 9.17) is 4.74 Å². The second-order valence-electron chi connectivity index (χ2n) is 8.44. The van der Waals surface area contributed by atoms with Crippen LogP contribution in [-0.4, -0.2) is 51.6 Å².